The molecule has 2 aromatic rings. The van der Waals surface area contributed by atoms with Gasteiger partial charge in [-0.15, -0.1) is 11.3 Å². The Morgan fingerprint density at radius 3 is 3.11 bits per heavy atom. The molecule has 28 heavy (non-hydrogen) atoms. The minimum atomic E-state index is -1.02. The topological polar surface area (TPSA) is 91.8 Å². The second kappa shape index (κ2) is 9.79. The Balaban J connectivity index is 1.50. The van der Waals surface area contributed by atoms with Crippen LogP contribution in [0.15, 0.2) is 34.0 Å². The number of thioether (sulfide) groups is 1. The van der Waals surface area contributed by atoms with Crippen molar-refractivity contribution in [2.45, 2.75) is 30.1 Å². The lowest BCUT2D eigenvalue weighted by atomic mass is 10.2. The van der Waals surface area contributed by atoms with Crippen LogP contribution in [-0.4, -0.2) is 58.4 Å². The highest BCUT2D eigenvalue weighted by molar-refractivity contribution is 8.01. The number of likely N-dealkylation sites (tertiary alicyclic amines) is 1. The maximum atomic E-state index is 12.2. The van der Waals surface area contributed by atoms with Crippen molar-refractivity contribution in [3.8, 4) is 5.75 Å². The fraction of sp³-hybridized carbons (Fsp3) is 0.421. The number of nitrogens with one attached hydrogen (secondary N) is 1. The fourth-order valence-electron chi connectivity index (χ4n) is 3.06. The van der Waals surface area contributed by atoms with E-state index in [1.165, 1.54) is 28.5 Å². The largest absolute Gasteiger partial charge is 0.494 e. The monoisotopic (exact) mass is 421 g/mol. The van der Waals surface area contributed by atoms with Crippen LogP contribution in [0.25, 0.3) is 0 Å². The van der Waals surface area contributed by atoms with E-state index >= 15 is 0 Å². The van der Waals surface area contributed by atoms with Gasteiger partial charge in [-0.3, -0.25) is 4.79 Å². The molecule has 1 saturated heterocycles. The van der Waals surface area contributed by atoms with E-state index in [-0.39, 0.29) is 17.6 Å². The number of anilines is 1. The Hall–Kier alpha value is -2.26. The number of nitrogens with zero attached hydrogens (tertiary/aromatic N) is 2. The van der Waals surface area contributed by atoms with E-state index in [2.05, 4.69) is 10.3 Å². The van der Waals surface area contributed by atoms with Gasteiger partial charge in [-0.25, -0.2) is 9.78 Å². The minimum Gasteiger partial charge on any atom is -0.494 e. The van der Waals surface area contributed by atoms with Gasteiger partial charge in [-0.1, -0.05) is 17.8 Å². The molecule has 0 saturated carbocycles. The van der Waals surface area contributed by atoms with E-state index in [0.717, 1.165) is 17.9 Å². The lowest BCUT2D eigenvalue weighted by Crippen LogP contribution is -2.39. The van der Waals surface area contributed by atoms with Gasteiger partial charge in [0.05, 0.1) is 6.61 Å². The number of hydrogen-bond acceptors (Lipinski definition) is 7. The van der Waals surface area contributed by atoms with Crippen molar-refractivity contribution in [1.82, 2.24) is 9.88 Å². The molecule has 150 valence electrons. The zero-order chi connectivity index (χ0) is 19.9. The van der Waals surface area contributed by atoms with Crippen LogP contribution in [0.4, 0.5) is 5.69 Å². The molecular formula is C19H23N3O4S2. The molecule has 0 aliphatic carbocycles. The first-order valence-corrected chi connectivity index (χ1v) is 11.0. The third kappa shape index (κ3) is 5.39. The summed E-state index contributed by atoms with van der Waals surface area (Å²) in [5, 5.41) is 13.9. The average Bonchev–Trinajstić information content (AvgIpc) is 3.29. The Labute approximate surface area is 172 Å². The number of aromatic carboxylic acids is 1. The van der Waals surface area contributed by atoms with Crippen LogP contribution in [0.5, 0.6) is 5.75 Å². The van der Waals surface area contributed by atoms with Crippen molar-refractivity contribution in [3.05, 3.63) is 35.3 Å². The molecule has 1 amide bonds. The van der Waals surface area contributed by atoms with Gasteiger partial charge in [0.2, 0.25) is 5.91 Å². The number of hydrogen-bond donors (Lipinski definition) is 2. The van der Waals surface area contributed by atoms with Crippen molar-refractivity contribution in [1.29, 1.82) is 0 Å². The van der Waals surface area contributed by atoms with Crippen LogP contribution in [0.2, 0.25) is 0 Å². The molecule has 1 fully saturated rings. The van der Waals surface area contributed by atoms with Gasteiger partial charge >= 0.3 is 5.97 Å². The summed E-state index contributed by atoms with van der Waals surface area (Å²) in [6, 6.07) is 7.96. The molecular weight excluding hydrogens is 398 g/mol. The lowest BCUT2D eigenvalue weighted by Gasteiger charge is -2.25. The van der Waals surface area contributed by atoms with Gasteiger partial charge in [0.15, 0.2) is 10.0 Å². The normalized spacial score (nSPS) is 16.4. The molecule has 0 spiro atoms. The van der Waals surface area contributed by atoms with Gasteiger partial charge in [0.1, 0.15) is 5.75 Å². The number of rotatable bonds is 10. The molecule has 2 heterocycles. The summed E-state index contributed by atoms with van der Waals surface area (Å²) in [5.41, 5.74) is 1.05. The maximum Gasteiger partial charge on any atom is 0.355 e. The Morgan fingerprint density at radius 1 is 1.50 bits per heavy atom. The number of benzene rings is 1. The molecule has 0 radical (unpaired) electrons. The van der Waals surface area contributed by atoms with Crippen molar-refractivity contribution >= 4 is 40.7 Å². The predicted octanol–water partition coefficient (Wildman–Crippen LogP) is 3.44. The third-order valence-electron chi connectivity index (χ3n) is 4.40. The Bertz CT molecular complexity index is 827. The summed E-state index contributed by atoms with van der Waals surface area (Å²) < 4.78 is 6.23. The van der Waals surface area contributed by atoms with Crippen LogP contribution in [0, 0.1) is 0 Å². The predicted molar refractivity (Wildman–Crippen MR) is 111 cm³/mol. The molecule has 0 bridgehead atoms. The zero-order valence-corrected chi connectivity index (χ0v) is 17.2. The van der Waals surface area contributed by atoms with Gasteiger partial charge < -0.3 is 20.1 Å². The molecule has 3 rings (SSSR count). The summed E-state index contributed by atoms with van der Waals surface area (Å²) in [6.07, 6.45) is 1.40. The number of thiazole rings is 1. The number of aromatic nitrogens is 1. The zero-order valence-electron chi connectivity index (χ0n) is 15.6. The smallest absolute Gasteiger partial charge is 0.355 e. The van der Waals surface area contributed by atoms with E-state index in [1.54, 1.807) is 0 Å². The molecule has 2 N–H and O–H groups in total. The number of carbonyl (C=O) groups is 2. The molecule has 9 heteroatoms. The first-order chi connectivity index (χ1) is 13.6. The van der Waals surface area contributed by atoms with Crippen molar-refractivity contribution in [3.63, 3.8) is 0 Å². The molecule has 1 atom stereocenters. The van der Waals surface area contributed by atoms with E-state index in [1.807, 2.05) is 36.1 Å². The molecule has 1 aromatic carbocycles. The second-order valence-corrected chi connectivity index (χ2v) is 8.47. The number of ether oxygens (including phenoxy) is 1. The highest BCUT2D eigenvalue weighted by Crippen LogP contribution is 2.25. The summed E-state index contributed by atoms with van der Waals surface area (Å²) >= 11 is 2.80. The SMILES string of the molecule is CCOc1cccc(NC[C@H]2CCC(=O)N2CCSc2nc(C(=O)O)cs2)c1. The molecule has 1 aromatic heterocycles. The van der Waals surface area contributed by atoms with Crippen molar-refractivity contribution in [2.24, 2.45) is 0 Å². The number of carboxylic acids is 1. The second-order valence-electron chi connectivity index (χ2n) is 6.27. The highest BCUT2D eigenvalue weighted by atomic mass is 32.2. The number of carbonyl (C=O) groups excluding carboxylic acids is 1. The van der Waals surface area contributed by atoms with Crippen molar-refractivity contribution < 1.29 is 19.4 Å². The first kappa shape index (κ1) is 20.5. The Morgan fingerprint density at radius 2 is 2.36 bits per heavy atom. The molecule has 0 unspecified atom stereocenters. The van der Waals surface area contributed by atoms with Crippen LogP contribution in [-0.2, 0) is 4.79 Å². The summed E-state index contributed by atoms with van der Waals surface area (Å²) in [6.45, 7) is 3.89. The minimum absolute atomic E-state index is 0.0705. The van der Waals surface area contributed by atoms with E-state index in [4.69, 9.17) is 9.84 Å². The first-order valence-electron chi connectivity index (χ1n) is 9.14. The number of carboxylic acid groups (broad SMARTS) is 1. The van der Waals surface area contributed by atoms with Crippen molar-refractivity contribution in [2.75, 3.05) is 30.8 Å². The number of amides is 1. The van der Waals surface area contributed by atoms with Crippen LogP contribution in [0.1, 0.15) is 30.3 Å². The maximum absolute atomic E-state index is 12.2. The van der Waals surface area contributed by atoms with Crippen LogP contribution in [0.3, 0.4) is 0 Å². The van der Waals surface area contributed by atoms with E-state index in [9.17, 15) is 9.59 Å². The van der Waals surface area contributed by atoms with E-state index in [0.29, 0.717) is 36.2 Å². The van der Waals surface area contributed by atoms with Gasteiger partial charge in [-0.2, -0.15) is 0 Å². The van der Waals surface area contributed by atoms with E-state index < -0.39 is 5.97 Å². The quantitative estimate of drug-likeness (QED) is 0.568. The van der Waals surface area contributed by atoms with Crippen LogP contribution < -0.4 is 10.1 Å². The van der Waals surface area contributed by atoms with Gasteiger partial charge in [-0.05, 0) is 25.5 Å². The summed E-state index contributed by atoms with van der Waals surface area (Å²) in [5.74, 6) is 0.667. The average molecular weight is 422 g/mol. The summed E-state index contributed by atoms with van der Waals surface area (Å²) in [4.78, 5) is 29.1. The summed E-state index contributed by atoms with van der Waals surface area (Å²) in [7, 11) is 0. The van der Waals surface area contributed by atoms with Gasteiger partial charge in [0.25, 0.3) is 0 Å². The fourth-order valence-corrected chi connectivity index (χ4v) is 4.87. The molecule has 1 aliphatic heterocycles. The highest BCUT2D eigenvalue weighted by Gasteiger charge is 2.30. The standard InChI is InChI=1S/C19H23N3O4S2/c1-2-26-15-5-3-4-13(10-15)20-11-14-6-7-17(23)22(14)8-9-27-19-21-16(12-28-19)18(24)25/h3-5,10,12,14,20H,2,6-9,11H2,1H3,(H,24,25)/t14-/m1/s1. The lowest BCUT2D eigenvalue weighted by molar-refractivity contribution is -0.128. The Kier molecular flexibility index (Phi) is 7.16. The third-order valence-corrected chi connectivity index (χ3v) is 6.40. The molecule has 7 nitrogen and oxygen atoms in total. The van der Waals surface area contributed by atoms with Gasteiger partial charge in [0, 0.05) is 48.4 Å². The molecule has 1 aliphatic rings. The van der Waals surface area contributed by atoms with Crippen LogP contribution >= 0.6 is 23.1 Å².